The zero-order valence-corrected chi connectivity index (χ0v) is 10.1. The van der Waals surface area contributed by atoms with Crippen LogP contribution in [0.4, 0.5) is 5.69 Å². The van der Waals surface area contributed by atoms with Crippen molar-refractivity contribution in [1.82, 2.24) is 9.97 Å². The summed E-state index contributed by atoms with van der Waals surface area (Å²) in [7, 11) is 1.86. The summed E-state index contributed by atoms with van der Waals surface area (Å²) in [6, 6.07) is 5.54. The van der Waals surface area contributed by atoms with Crippen molar-refractivity contribution in [2.75, 3.05) is 12.4 Å². The highest BCUT2D eigenvalue weighted by Gasteiger charge is 1.99. The largest absolute Gasteiger partial charge is 0.486 e. The van der Waals surface area contributed by atoms with E-state index in [1.54, 1.807) is 24.7 Å². The molecule has 2 aromatic heterocycles. The third-order valence-electron chi connectivity index (χ3n) is 2.17. The Balaban J connectivity index is 2.02. The van der Waals surface area contributed by atoms with Gasteiger partial charge in [-0.3, -0.25) is 9.97 Å². The third-order valence-corrected chi connectivity index (χ3v) is 2.38. The molecule has 0 saturated heterocycles. The van der Waals surface area contributed by atoms with Crippen LogP contribution >= 0.6 is 11.6 Å². The van der Waals surface area contributed by atoms with Crippen LogP contribution in [0.15, 0.2) is 36.8 Å². The summed E-state index contributed by atoms with van der Waals surface area (Å²) in [5, 5.41) is 3.60. The molecular formula is C12H12ClN3O. The van der Waals surface area contributed by atoms with Crippen molar-refractivity contribution in [2.45, 2.75) is 6.61 Å². The lowest BCUT2D eigenvalue weighted by atomic mass is 10.3. The summed E-state index contributed by atoms with van der Waals surface area (Å²) in [6.07, 6.45) is 4.92. The molecule has 0 saturated carbocycles. The number of nitrogens with zero attached hydrogens (tertiary/aromatic N) is 2. The van der Waals surface area contributed by atoms with Crippen LogP contribution in [0.2, 0.25) is 5.02 Å². The second kappa shape index (κ2) is 5.50. The van der Waals surface area contributed by atoms with E-state index in [1.807, 2.05) is 19.2 Å². The number of nitrogens with one attached hydrogen (secondary N) is 1. The number of hydrogen-bond acceptors (Lipinski definition) is 4. The molecular weight excluding hydrogens is 238 g/mol. The average molecular weight is 250 g/mol. The molecule has 0 atom stereocenters. The molecule has 0 unspecified atom stereocenters. The van der Waals surface area contributed by atoms with Gasteiger partial charge in [0.1, 0.15) is 12.4 Å². The highest BCUT2D eigenvalue weighted by Crippen LogP contribution is 2.16. The van der Waals surface area contributed by atoms with E-state index in [0.29, 0.717) is 17.4 Å². The molecule has 4 nitrogen and oxygen atoms in total. The molecule has 2 heterocycles. The standard InChI is InChI=1S/C12H12ClN3O/c1-14-10-2-3-16-11(5-10)8-17-12-4-9(13)6-15-7-12/h2-7H,8H2,1H3,(H,14,16). The van der Waals surface area contributed by atoms with Gasteiger partial charge in [0.05, 0.1) is 16.9 Å². The summed E-state index contributed by atoms with van der Waals surface area (Å²) in [6.45, 7) is 0.386. The van der Waals surface area contributed by atoms with E-state index in [0.717, 1.165) is 11.4 Å². The number of rotatable bonds is 4. The van der Waals surface area contributed by atoms with Crippen molar-refractivity contribution in [3.8, 4) is 5.75 Å². The maximum absolute atomic E-state index is 5.81. The first-order valence-corrected chi connectivity index (χ1v) is 5.52. The van der Waals surface area contributed by atoms with E-state index in [-0.39, 0.29) is 0 Å². The molecule has 17 heavy (non-hydrogen) atoms. The summed E-state index contributed by atoms with van der Waals surface area (Å²) >= 11 is 5.81. The summed E-state index contributed by atoms with van der Waals surface area (Å²) in [4.78, 5) is 8.15. The Kier molecular flexibility index (Phi) is 3.77. The number of pyridine rings is 2. The highest BCUT2D eigenvalue weighted by atomic mass is 35.5. The molecule has 0 bridgehead atoms. The zero-order chi connectivity index (χ0) is 12.1. The van der Waals surface area contributed by atoms with Crippen LogP contribution in [0.5, 0.6) is 5.75 Å². The molecule has 88 valence electrons. The van der Waals surface area contributed by atoms with Gasteiger partial charge in [0.25, 0.3) is 0 Å². The molecule has 0 fully saturated rings. The van der Waals surface area contributed by atoms with Crippen molar-refractivity contribution in [2.24, 2.45) is 0 Å². The van der Waals surface area contributed by atoms with Gasteiger partial charge in [0, 0.05) is 31.2 Å². The predicted octanol–water partition coefficient (Wildman–Crippen LogP) is 2.75. The molecule has 0 radical (unpaired) electrons. The van der Waals surface area contributed by atoms with Crippen molar-refractivity contribution in [1.29, 1.82) is 0 Å². The van der Waals surface area contributed by atoms with Crippen molar-refractivity contribution in [3.63, 3.8) is 0 Å². The van der Waals surface area contributed by atoms with Gasteiger partial charge in [-0.2, -0.15) is 0 Å². The van der Waals surface area contributed by atoms with Gasteiger partial charge >= 0.3 is 0 Å². The quantitative estimate of drug-likeness (QED) is 0.905. The molecule has 5 heteroatoms. The van der Waals surface area contributed by atoms with Crippen LogP contribution < -0.4 is 10.1 Å². The normalized spacial score (nSPS) is 10.0. The van der Waals surface area contributed by atoms with E-state index in [4.69, 9.17) is 16.3 Å². The summed E-state index contributed by atoms with van der Waals surface area (Å²) in [5.41, 5.74) is 1.85. The van der Waals surface area contributed by atoms with Crippen molar-refractivity contribution >= 4 is 17.3 Å². The Bertz CT molecular complexity index is 505. The van der Waals surface area contributed by atoms with Crippen LogP contribution in [0.25, 0.3) is 0 Å². The minimum atomic E-state index is 0.386. The van der Waals surface area contributed by atoms with Gasteiger partial charge in [0.2, 0.25) is 0 Å². The first-order valence-electron chi connectivity index (χ1n) is 5.14. The number of aromatic nitrogens is 2. The number of anilines is 1. The SMILES string of the molecule is CNc1ccnc(COc2cncc(Cl)c2)c1. The molecule has 0 spiro atoms. The molecule has 2 rings (SSSR count). The van der Waals surface area contributed by atoms with Crippen molar-refractivity contribution in [3.05, 3.63) is 47.5 Å². The fourth-order valence-electron chi connectivity index (χ4n) is 1.34. The van der Waals surface area contributed by atoms with E-state index in [9.17, 15) is 0 Å². The lowest BCUT2D eigenvalue weighted by Gasteiger charge is -2.06. The van der Waals surface area contributed by atoms with E-state index in [1.165, 1.54) is 0 Å². The second-order valence-corrected chi connectivity index (χ2v) is 3.85. The van der Waals surface area contributed by atoms with E-state index >= 15 is 0 Å². The Hall–Kier alpha value is -1.81. The van der Waals surface area contributed by atoms with Gasteiger partial charge in [-0.05, 0) is 12.1 Å². The number of hydrogen-bond donors (Lipinski definition) is 1. The Morgan fingerprint density at radius 3 is 3.00 bits per heavy atom. The van der Waals surface area contributed by atoms with Gasteiger partial charge in [-0.1, -0.05) is 11.6 Å². The van der Waals surface area contributed by atoms with Gasteiger partial charge in [-0.25, -0.2) is 0 Å². The fourth-order valence-corrected chi connectivity index (χ4v) is 1.51. The predicted molar refractivity (Wildman–Crippen MR) is 67.4 cm³/mol. The zero-order valence-electron chi connectivity index (χ0n) is 9.35. The van der Waals surface area contributed by atoms with E-state index in [2.05, 4.69) is 15.3 Å². The van der Waals surface area contributed by atoms with E-state index < -0.39 is 0 Å². The first-order chi connectivity index (χ1) is 8.28. The first kappa shape index (κ1) is 11.7. The monoisotopic (exact) mass is 249 g/mol. The molecule has 0 aliphatic rings. The number of halogens is 1. The minimum absolute atomic E-state index is 0.386. The Morgan fingerprint density at radius 2 is 2.24 bits per heavy atom. The molecule has 1 N–H and O–H groups in total. The van der Waals surface area contributed by atoms with Crippen LogP contribution in [-0.4, -0.2) is 17.0 Å². The summed E-state index contributed by atoms with van der Waals surface area (Å²) < 4.78 is 5.54. The Labute approximate surface area is 105 Å². The molecule has 2 aromatic rings. The topological polar surface area (TPSA) is 47.0 Å². The summed E-state index contributed by atoms with van der Waals surface area (Å²) in [5.74, 6) is 0.633. The smallest absolute Gasteiger partial charge is 0.139 e. The maximum Gasteiger partial charge on any atom is 0.139 e. The highest BCUT2D eigenvalue weighted by molar-refractivity contribution is 6.30. The van der Waals surface area contributed by atoms with Crippen LogP contribution in [-0.2, 0) is 6.61 Å². The van der Waals surface area contributed by atoms with Crippen molar-refractivity contribution < 1.29 is 4.74 Å². The molecule has 0 amide bonds. The maximum atomic E-state index is 5.81. The average Bonchev–Trinajstić information content (AvgIpc) is 2.37. The van der Waals surface area contributed by atoms with Crippen LogP contribution in [0, 0.1) is 0 Å². The van der Waals surface area contributed by atoms with Crippen LogP contribution in [0.3, 0.4) is 0 Å². The molecule has 0 aliphatic carbocycles. The third kappa shape index (κ3) is 3.32. The minimum Gasteiger partial charge on any atom is -0.486 e. The van der Waals surface area contributed by atoms with Gasteiger partial charge in [-0.15, -0.1) is 0 Å². The lowest BCUT2D eigenvalue weighted by Crippen LogP contribution is -1.99. The van der Waals surface area contributed by atoms with Gasteiger partial charge in [0.15, 0.2) is 0 Å². The molecule has 0 aromatic carbocycles. The van der Waals surface area contributed by atoms with Crippen LogP contribution in [0.1, 0.15) is 5.69 Å². The Morgan fingerprint density at radius 1 is 1.35 bits per heavy atom. The molecule has 0 aliphatic heterocycles. The van der Waals surface area contributed by atoms with Gasteiger partial charge < -0.3 is 10.1 Å². The lowest BCUT2D eigenvalue weighted by molar-refractivity contribution is 0.300. The second-order valence-electron chi connectivity index (χ2n) is 3.41. The fraction of sp³-hybridized carbons (Fsp3) is 0.167. The number of ether oxygens (including phenoxy) is 1.